The van der Waals surface area contributed by atoms with Gasteiger partial charge in [-0.1, -0.05) is 31.2 Å². The molecule has 0 aliphatic rings. The molecule has 17 heavy (non-hydrogen) atoms. The summed E-state index contributed by atoms with van der Waals surface area (Å²) in [5.74, 6) is 0.222. The molecule has 0 saturated carbocycles. The number of aryl methyl sites for hydroxylation is 1. The third-order valence-electron chi connectivity index (χ3n) is 3.39. The first kappa shape index (κ1) is 14.2. The lowest BCUT2D eigenvalue weighted by Gasteiger charge is -2.22. The Morgan fingerprint density at radius 2 is 1.82 bits per heavy atom. The first-order valence-corrected chi connectivity index (χ1v) is 6.23. The van der Waals surface area contributed by atoms with Gasteiger partial charge in [0.05, 0.1) is 5.60 Å². The van der Waals surface area contributed by atoms with Crippen LogP contribution in [-0.4, -0.2) is 24.4 Å². The van der Waals surface area contributed by atoms with Crippen molar-refractivity contribution < 1.29 is 9.84 Å². The lowest BCUT2D eigenvalue weighted by Crippen LogP contribution is -2.22. The monoisotopic (exact) mass is 236 g/mol. The molecule has 0 aliphatic heterocycles. The number of aliphatic hydroxyl groups excluding tert-OH is 1. The molecule has 0 radical (unpaired) electrons. The van der Waals surface area contributed by atoms with E-state index in [2.05, 4.69) is 38.1 Å². The summed E-state index contributed by atoms with van der Waals surface area (Å²) < 4.78 is 5.41. The maximum atomic E-state index is 9.08. The van der Waals surface area contributed by atoms with E-state index in [-0.39, 0.29) is 18.1 Å². The Kier molecular flexibility index (Phi) is 5.16. The molecule has 96 valence electrons. The van der Waals surface area contributed by atoms with Crippen LogP contribution in [0.5, 0.6) is 0 Å². The molecule has 0 aliphatic carbocycles. The molecule has 1 aromatic rings. The number of ether oxygens (including phenoxy) is 1. The van der Waals surface area contributed by atoms with Crippen LogP contribution in [-0.2, 0) is 11.2 Å². The number of rotatable bonds is 6. The van der Waals surface area contributed by atoms with Gasteiger partial charge in [-0.2, -0.15) is 0 Å². The highest BCUT2D eigenvalue weighted by molar-refractivity contribution is 5.25. The topological polar surface area (TPSA) is 29.5 Å². The van der Waals surface area contributed by atoms with Gasteiger partial charge in [-0.05, 0) is 37.8 Å². The van der Waals surface area contributed by atoms with Crippen molar-refractivity contribution in [1.82, 2.24) is 0 Å². The Balaban J connectivity index is 2.57. The van der Waals surface area contributed by atoms with Gasteiger partial charge in [-0.3, -0.25) is 0 Å². The Morgan fingerprint density at radius 1 is 1.24 bits per heavy atom. The molecule has 1 atom stereocenters. The minimum atomic E-state index is -0.0585. The average molecular weight is 236 g/mol. The molecular weight excluding hydrogens is 212 g/mol. The lowest BCUT2D eigenvalue weighted by molar-refractivity contribution is 0.0158. The summed E-state index contributed by atoms with van der Waals surface area (Å²) in [4.78, 5) is 0. The highest BCUT2D eigenvalue weighted by Crippen LogP contribution is 2.19. The van der Waals surface area contributed by atoms with E-state index >= 15 is 0 Å². The SMILES string of the molecule is COC(C)(C)CCc1ccc(C(C)CO)cc1. The van der Waals surface area contributed by atoms with Crippen molar-refractivity contribution in [2.45, 2.75) is 45.1 Å². The summed E-state index contributed by atoms with van der Waals surface area (Å²) in [6, 6.07) is 8.51. The molecule has 2 heteroatoms. The van der Waals surface area contributed by atoms with E-state index in [9.17, 15) is 0 Å². The van der Waals surface area contributed by atoms with Gasteiger partial charge in [-0.25, -0.2) is 0 Å². The molecule has 0 amide bonds. The van der Waals surface area contributed by atoms with Crippen molar-refractivity contribution in [2.24, 2.45) is 0 Å². The smallest absolute Gasteiger partial charge is 0.0625 e. The van der Waals surface area contributed by atoms with Crippen LogP contribution in [0.2, 0.25) is 0 Å². The lowest BCUT2D eigenvalue weighted by atomic mass is 9.96. The van der Waals surface area contributed by atoms with Gasteiger partial charge in [-0.15, -0.1) is 0 Å². The molecular formula is C15H24O2. The molecule has 0 heterocycles. The van der Waals surface area contributed by atoms with E-state index in [1.54, 1.807) is 7.11 Å². The number of hydrogen-bond acceptors (Lipinski definition) is 2. The maximum absolute atomic E-state index is 9.08. The molecule has 1 rings (SSSR count). The normalized spacial score (nSPS) is 13.7. The highest BCUT2D eigenvalue weighted by Gasteiger charge is 2.15. The summed E-state index contributed by atoms with van der Waals surface area (Å²) in [5.41, 5.74) is 2.46. The molecule has 1 unspecified atom stereocenters. The minimum absolute atomic E-state index is 0.0585. The molecule has 1 aromatic carbocycles. The van der Waals surface area contributed by atoms with E-state index in [0.29, 0.717) is 0 Å². The van der Waals surface area contributed by atoms with Gasteiger partial charge < -0.3 is 9.84 Å². The molecule has 0 spiro atoms. The van der Waals surface area contributed by atoms with Gasteiger partial charge in [0.25, 0.3) is 0 Å². The van der Waals surface area contributed by atoms with E-state index in [4.69, 9.17) is 9.84 Å². The highest BCUT2D eigenvalue weighted by atomic mass is 16.5. The minimum Gasteiger partial charge on any atom is -0.396 e. The third-order valence-corrected chi connectivity index (χ3v) is 3.39. The summed E-state index contributed by atoms with van der Waals surface area (Å²) in [6.45, 7) is 6.45. The van der Waals surface area contributed by atoms with Gasteiger partial charge >= 0.3 is 0 Å². The second-order valence-corrected chi connectivity index (χ2v) is 5.29. The summed E-state index contributed by atoms with van der Waals surface area (Å²) in [6.07, 6.45) is 2.03. The Hall–Kier alpha value is -0.860. The molecule has 1 N–H and O–H groups in total. The van der Waals surface area contributed by atoms with Crippen molar-refractivity contribution in [3.63, 3.8) is 0 Å². The first-order chi connectivity index (χ1) is 7.98. The van der Waals surface area contributed by atoms with Crippen LogP contribution in [0.25, 0.3) is 0 Å². The number of hydrogen-bond donors (Lipinski definition) is 1. The van der Waals surface area contributed by atoms with E-state index < -0.39 is 0 Å². The molecule has 0 aromatic heterocycles. The third kappa shape index (κ3) is 4.49. The van der Waals surface area contributed by atoms with Gasteiger partial charge in [0.15, 0.2) is 0 Å². The number of benzene rings is 1. The van der Waals surface area contributed by atoms with Crippen LogP contribution in [0.1, 0.15) is 44.2 Å². The van der Waals surface area contributed by atoms with Crippen molar-refractivity contribution >= 4 is 0 Å². The molecule has 0 fully saturated rings. The van der Waals surface area contributed by atoms with Gasteiger partial charge in [0, 0.05) is 19.6 Å². The summed E-state index contributed by atoms with van der Waals surface area (Å²) in [7, 11) is 1.76. The zero-order valence-corrected chi connectivity index (χ0v) is 11.4. The zero-order chi connectivity index (χ0) is 12.9. The Labute approximate surface area is 105 Å². The van der Waals surface area contributed by atoms with E-state index in [1.165, 1.54) is 11.1 Å². The van der Waals surface area contributed by atoms with E-state index in [0.717, 1.165) is 12.8 Å². The Bertz CT molecular complexity index is 327. The zero-order valence-electron chi connectivity index (χ0n) is 11.4. The number of aliphatic hydroxyl groups is 1. The fourth-order valence-corrected chi connectivity index (χ4v) is 1.67. The summed E-state index contributed by atoms with van der Waals surface area (Å²) >= 11 is 0. The maximum Gasteiger partial charge on any atom is 0.0625 e. The molecule has 0 saturated heterocycles. The number of methoxy groups -OCH3 is 1. The van der Waals surface area contributed by atoms with Crippen molar-refractivity contribution in [3.8, 4) is 0 Å². The fraction of sp³-hybridized carbons (Fsp3) is 0.600. The standard InChI is InChI=1S/C15H24O2/c1-12(11-16)14-7-5-13(6-8-14)9-10-15(2,3)17-4/h5-8,12,16H,9-11H2,1-4H3. The molecule has 0 bridgehead atoms. The van der Waals surface area contributed by atoms with Crippen molar-refractivity contribution in [2.75, 3.05) is 13.7 Å². The van der Waals surface area contributed by atoms with Gasteiger partial charge in [0.2, 0.25) is 0 Å². The van der Waals surface area contributed by atoms with Crippen LogP contribution < -0.4 is 0 Å². The first-order valence-electron chi connectivity index (χ1n) is 6.23. The van der Waals surface area contributed by atoms with Crippen molar-refractivity contribution in [1.29, 1.82) is 0 Å². The Morgan fingerprint density at radius 3 is 2.29 bits per heavy atom. The summed E-state index contributed by atoms with van der Waals surface area (Å²) in [5, 5.41) is 9.08. The van der Waals surface area contributed by atoms with Gasteiger partial charge in [0.1, 0.15) is 0 Å². The van der Waals surface area contributed by atoms with Crippen LogP contribution >= 0.6 is 0 Å². The predicted molar refractivity (Wildman–Crippen MR) is 71.4 cm³/mol. The fourth-order valence-electron chi connectivity index (χ4n) is 1.67. The van der Waals surface area contributed by atoms with Crippen LogP contribution in [0.15, 0.2) is 24.3 Å². The second-order valence-electron chi connectivity index (χ2n) is 5.29. The van der Waals surface area contributed by atoms with Crippen LogP contribution in [0.3, 0.4) is 0 Å². The van der Waals surface area contributed by atoms with Crippen molar-refractivity contribution in [3.05, 3.63) is 35.4 Å². The van der Waals surface area contributed by atoms with Crippen LogP contribution in [0.4, 0.5) is 0 Å². The van der Waals surface area contributed by atoms with E-state index in [1.807, 2.05) is 6.92 Å². The predicted octanol–water partition coefficient (Wildman–Crippen LogP) is 3.14. The van der Waals surface area contributed by atoms with Crippen LogP contribution in [0, 0.1) is 0 Å². The quantitative estimate of drug-likeness (QED) is 0.822. The largest absolute Gasteiger partial charge is 0.396 e. The second kappa shape index (κ2) is 6.18. The molecule has 2 nitrogen and oxygen atoms in total. The average Bonchev–Trinajstić information content (AvgIpc) is 2.36.